The van der Waals surface area contributed by atoms with Gasteiger partial charge in [-0.05, 0) is 42.3 Å². The average Bonchev–Trinajstić information content (AvgIpc) is 3.39. The Hall–Kier alpha value is -3.57. The number of para-hydroxylation sites is 1. The van der Waals surface area contributed by atoms with Crippen molar-refractivity contribution in [1.82, 2.24) is 14.3 Å². The lowest BCUT2D eigenvalue weighted by atomic mass is 9.89. The van der Waals surface area contributed by atoms with E-state index in [1.807, 2.05) is 42.3 Å². The fraction of sp³-hybridized carbons (Fsp3) is 0.179. The monoisotopic (exact) mass is 470 g/mol. The number of hydrogen-bond donors (Lipinski definition) is 0. The standard InChI is InChI=1S/C28H24ClFN4/c1-18-6-3-4-9-26(18)34-17-24(22-7-5-8-25(30)28(22)29)23-12-19(10-11-27(23)34)20-14-33(15-20)21-13-31-32(2)16-21/h3-13,16-17,20H,14-15H2,1-2H3. The molecular weight excluding hydrogens is 447 g/mol. The Bertz CT molecular complexity index is 1530. The summed E-state index contributed by atoms with van der Waals surface area (Å²) in [6.45, 7) is 4.00. The second-order valence-corrected chi connectivity index (χ2v) is 9.43. The Morgan fingerprint density at radius 1 is 0.971 bits per heavy atom. The zero-order valence-corrected chi connectivity index (χ0v) is 19.8. The number of aryl methyl sites for hydroxylation is 2. The first kappa shape index (κ1) is 21.0. The molecule has 1 aliphatic rings. The van der Waals surface area contributed by atoms with Gasteiger partial charge in [0, 0.05) is 60.6 Å². The lowest BCUT2D eigenvalue weighted by Crippen LogP contribution is -2.44. The summed E-state index contributed by atoms with van der Waals surface area (Å²) in [6, 6.07) is 20.0. The maximum atomic E-state index is 14.4. The Morgan fingerprint density at radius 3 is 2.56 bits per heavy atom. The van der Waals surface area contributed by atoms with Gasteiger partial charge in [-0.2, -0.15) is 5.10 Å². The van der Waals surface area contributed by atoms with Crippen LogP contribution in [0.5, 0.6) is 0 Å². The summed E-state index contributed by atoms with van der Waals surface area (Å²) in [5, 5.41) is 5.52. The summed E-state index contributed by atoms with van der Waals surface area (Å²) in [4.78, 5) is 2.34. The van der Waals surface area contributed by atoms with Crippen molar-refractivity contribution >= 4 is 28.2 Å². The van der Waals surface area contributed by atoms with Crippen molar-refractivity contribution in [3.8, 4) is 16.8 Å². The molecule has 3 aromatic carbocycles. The van der Waals surface area contributed by atoms with E-state index >= 15 is 0 Å². The van der Waals surface area contributed by atoms with E-state index in [4.69, 9.17) is 11.6 Å². The van der Waals surface area contributed by atoms with Gasteiger partial charge in [-0.25, -0.2) is 4.39 Å². The van der Waals surface area contributed by atoms with Crippen molar-refractivity contribution in [3.05, 3.63) is 101 Å². The maximum absolute atomic E-state index is 14.4. The van der Waals surface area contributed by atoms with Gasteiger partial charge in [0.2, 0.25) is 0 Å². The van der Waals surface area contributed by atoms with E-state index in [1.165, 1.54) is 17.2 Å². The molecule has 1 saturated heterocycles. The second kappa shape index (κ2) is 8.03. The van der Waals surface area contributed by atoms with E-state index in [1.54, 1.807) is 6.07 Å². The molecule has 4 nitrogen and oxygen atoms in total. The molecule has 0 atom stereocenters. The number of anilines is 1. The minimum Gasteiger partial charge on any atom is -0.368 e. The van der Waals surface area contributed by atoms with E-state index < -0.39 is 5.82 Å². The van der Waals surface area contributed by atoms with Gasteiger partial charge in [0.25, 0.3) is 0 Å². The van der Waals surface area contributed by atoms with Gasteiger partial charge >= 0.3 is 0 Å². The summed E-state index contributed by atoms with van der Waals surface area (Å²) in [5.74, 6) is 0.0282. The lowest BCUT2D eigenvalue weighted by molar-refractivity contribution is 0.525. The average molecular weight is 471 g/mol. The molecule has 2 aromatic heterocycles. The smallest absolute Gasteiger partial charge is 0.142 e. The molecule has 1 aliphatic heterocycles. The van der Waals surface area contributed by atoms with Crippen LogP contribution in [0.15, 0.2) is 79.3 Å². The molecule has 0 bridgehead atoms. The highest BCUT2D eigenvalue weighted by Crippen LogP contribution is 2.40. The van der Waals surface area contributed by atoms with E-state index in [0.717, 1.165) is 40.9 Å². The molecule has 0 spiro atoms. The summed E-state index contributed by atoms with van der Waals surface area (Å²) in [6.07, 6.45) is 6.04. The van der Waals surface area contributed by atoms with Crippen molar-refractivity contribution in [3.63, 3.8) is 0 Å². The molecule has 1 fully saturated rings. The highest BCUT2D eigenvalue weighted by Gasteiger charge is 2.29. The molecule has 3 heterocycles. The van der Waals surface area contributed by atoms with Crippen LogP contribution in [0, 0.1) is 12.7 Å². The van der Waals surface area contributed by atoms with Crippen molar-refractivity contribution in [1.29, 1.82) is 0 Å². The summed E-state index contributed by atoms with van der Waals surface area (Å²) in [5.41, 5.74) is 7.44. The molecule has 0 N–H and O–H groups in total. The van der Waals surface area contributed by atoms with Crippen LogP contribution >= 0.6 is 11.6 Å². The molecule has 0 radical (unpaired) electrons. The van der Waals surface area contributed by atoms with Crippen LogP contribution in [0.4, 0.5) is 10.1 Å². The third kappa shape index (κ3) is 3.39. The zero-order chi connectivity index (χ0) is 23.4. The van der Waals surface area contributed by atoms with Gasteiger partial charge in [-0.1, -0.05) is 48.0 Å². The molecule has 0 saturated carbocycles. The molecule has 0 aliphatic carbocycles. The lowest BCUT2D eigenvalue weighted by Gasteiger charge is -2.40. The Morgan fingerprint density at radius 2 is 1.79 bits per heavy atom. The van der Waals surface area contributed by atoms with Crippen LogP contribution in [0.3, 0.4) is 0 Å². The Balaban J connectivity index is 1.46. The maximum Gasteiger partial charge on any atom is 0.142 e. The van der Waals surface area contributed by atoms with E-state index in [-0.39, 0.29) is 5.02 Å². The van der Waals surface area contributed by atoms with E-state index in [2.05, 4.69) is 58.0 Å². The van der Waals surface area contributed by atoms with Crippen LogP contribution < -0.4 is 4.90 Å². The molecule has 5 aromatic rings. The van der Waals surface area contributed by atoms with Gasteiger partial charge in [-0.15, -0.1) is 0 Å². The largest absolute Gasteiger partial charge is 0.368 e. The summed E-state index contributed by atoms with van der Waals surface area (Å²) < 4.78 is 18.4. The van der Waals surface area contributed by atoms with Gasteiger partial charge in [-0.3, -0.25) is 4.68 Å². The van der Waals surface area contributed by atoms with Crippen LogP contribution in [-0.4, -0.2) is 27.4 Å². The normalized spacial score (nSPS) is 14.1. The minimum atomic E-state index is -0.404. The minimum absolute atomic E-state index is 0.156. The Kier molecular flexibility index (Phi) is 4.96. The number of aromatic nitrogens is 3. The SMILES string of the molecule is Cc1ccccc1-n1cc(-c2cccc(F)c2Cl)c2cc(C3CN(c4cnn(C)c4)C3)ccc21. The highest BCUT2D eigenvalue weighted by atomic mass is 35.5. The van der Waals surface area contributed by atoms with E-state index in [0.29, 0.717) is 11.5 Å². The van der Waals surface area contributed by atoms with Gasteiger partial charge in [0.05, 0.1) is 22.4 Å². The van der Waals surface area contributed by atoms with Crippen LogP contribution in [0.25, 0.3) is 27.7 Å². The topological polar surface area (TPSA) is 26.0 Å². The number of rotatable bonds is 4. The molecule has 0 unspecified atom stereocenters. The van der Waals surface area contributed by atoms with Crippen molar-refractivity contribution < 1.29 is 4.39 Å². The third-order valence-electron chi connectivity index (χ3n) is 6.85. The predicted molar refractivity (Wildman–Crippen MR) is 137 cm³/mol. The Labute approximate surface area is 202 Å². The fourth-order valence-corrected chi connectivity index (χ4v) is 5.16. The first-order chi connectivity index (χ1) is 16.5. The number of benzene rings is 3. The zero-order valence-electron chi connectivity index (χ0n) is 19.0. The highest BCUT2D eigenvalue weighted by molar-refractivity contribution is 6.34. The first-order valence-electron chi connectivity index (χ1n) is 11.4. The predicted octanol–water partition coefficient (Wildman–Crippen LogP) is 6.74. The first-order valence-corrected chi connectivity index (χ1v) is 11.8. The number of hydrogen-bond acceptors (Lipinski definition) is 2. The summed E-state index contributed by atoms with van der Waals surface area (Å²) in [7, 11) is 1.94. The van der Waals surface area contributed by atoms with E-state index in [9.17, 15) is 4.39 Å². The molecular formula is C28H24ClFN4. The quantitative estimate of drug-likeness (QED) is 0.291. The fourth-order valence-electron chi connectivity index (χ4n) is 4.93. The summed E-state index contributed by atoms with van der Waals surface area (Å²) >= 11 is 6.45. The van der Waals surface area contributed by atoms with Gasteiger partial charge in [0.15, 0.2) is 0 Å². The third-order valence-corrected chi connectivity index (χ3v) is 7.24. The molecule has 0 amide bonds. The van der Waals surface area contributed by atoms with Gasteiger partial charge in [0.1, 0.15) is 5.82 Å². The molecule has 34 heavy (non-hydrogen) atoms. The van der Waals surface area contributed by atoms with Gasteiger partial charge < -0.3 is 9.47 Å². The van der Waals surface area contributed by atoms with Crippen LogP contribution in [0.1, 0.15) is 17.0 Å². The number of fused-ring (bicyclic) bond motifs is 1. The molecule has 6 rings (SSSR count). The second-order valence-electron chi connectivity index (χ2n) is 9.05. The van der Waals surface area contributed by atoms with Crippen molar-refractivity contribution in [2.75, 3.05) is 18.0 Å². The number of nitrogens with zero attached hydrogens (tertiary/aromatic N) is 4. The van der Waals surface area contributed by atoms with Crippen LogP contribution in [0.2, 0.25) is 5.02 Å². The number of halogens is 2. The molecule has 170 valence electrons. The van der Waals surface area contributed by atoms with Crippen molar-refractivity contribution in [2.45, 2.75) is 12.8 Å². The van der Waals surface area contributed by atoms with Crippen LogP contribution in [-0.2, 0) is 7.05 Å². The molecule has 6 heteroatoms. The van der Waals surface area contributed by atoms with Crippen molar-refractivity contribution in [2.24, 2.45) is 7.05 Å².